The lowest BCUT2D eigenvalue weighted by molar-refractivity contribution is -0.128. The quantitative estimate of drug-likeness (QED) is 0.497. The summed E-state index contributed by atoms with van der Waals surface area (Å²) in [6, 6.07) is 10.9. The number of benzene rings is 1. The molecule has 3 aromatic rings. The van der Waals surface area contributed by atoms with Gasteiger partial charge >= 0.3 is 0 Å². The topological polar surface area (TPSA) is 55.7 Å². The van der Waals surface area contributed by atoms with Crippen LogP contribution in [0.15, 0.2) is 42.6 Å². The standard InChI is InChI=1S/C28H28FN3O/c1-16-21-10-9-20-25(19-5-3-4-6-22(19)29)31-27(18-12-14-30-23(15-18)17-7-8-17)32-26(20)28(21,2)13-11-24(16)33/h3-6,12,14-17,21H,7-11,13H2,1-2H3/t16-,21-,28-/m1/s1. The van der Waals surface area contributed by atoms with E-state index in [4.69, 9.17) is 9.97 Å². The molecule has 6 rings (SSSR count). The number of ketones is 1. The van der Waals surface area contributed by atoms with E-state index in [0.717, 1.165) is 41.8 Å². The number of nitrogens with zero attached hydrogens (tertiary/aromatic N) is 3. The molecule has 33 heavy (non-hydrogen) atoms. The first kappa shape index (κ1) is 20.6. The van der Waals surface area contributed by atoms with Gasteiger partial charge in [-0.15, -0.1) is 0 Å². The lowest BCUT2D eigenvalue weighted by Gasteiger charge is -2.48. The number of hydrogen-bond acceptors (Lipinski definition) is 4. The van der Waals surface area contributed by atoms with Gasteiger partial charge in [-0.05, 0) is 62.3 Å². The molecule has 0 aliphatic heterocycles. The molecule has 3 aliphatic carbocycles. The molecule has 0 saturated heterocycles. The molecule has 2 aromatic heterocycles. The number of fused-ring (bicyclic) bond motifs is 3. The summed E-state index contributed by atoms with van der Waals surface area (Å²) < 4.78 is 15.0. The summed E-state index contributed by atoms with van der Waals surface area (Å²) in [5.74, 6) is 1.52. The van der Waals surface area contributed by atoms with Gasteiger partial charge < -0.3 is 0 Å². The van der Waals surface area contributed by atoms with E-state index in [2.05, 4.69) is 24.9 Å². The Morgan fingerprint density at radius 3 is 2.67 bits per heavy atom. The van der Waals surface area contributed by atoms with Gasteiger partial charge in [-0.1, -0.05) is 26.0 Å². The second kappa shape index (κ2) is 7.54. The molecule has 3 atom stereocenters. The Labute approximate surface area is 193 Å². The molecule has 2 heterocycles. The Kier molecular flexibility index (Phi) is 4.72. The van der Waals surface area contributed by atoms with Crippen LogP contribution in [0.1, 0.15) is 68.8 Å². The van der Waals surface area contributed by atoms with E-state index in [0.29, 0.717) is 35.2 Å². The van der Waals surface area contributed by atoms with Crippen LogP contribution >= 0.6 is 0 Å². The Balaban J connectivity index is 1.58. The van der Waals surface area contributed by atoms with Gasteiger partial charge in [-0.2, -0.15) is 0 Å². The van der Waals surface area contributed by atoms with E-state index < -0.39 is 0 Å². The highest BCUT2D eigenvalue weighted by atomic mass is 19.1. The van der Waals surface area contributed by atoms with Gasteiger partial charge in [-0.25, -0.2) is 14.4 Å². The molecular weight excluding hydrogens is 413 g/mol. The number of aromatic nitrogens is 3. The molecule has 0 bridgehead atoms. The summed E-state index contributed by atoms with van der Waals surface area (Å²) in [5.41, 5.74) is 5.07. The third kappa shape index (κ3) is 3.32. The van der Waals surface area contributed by atoms with Crippen LogP contribution in [0.25, 0.3) is 22.6 Å². The number of Topliss-reactive ketones (excluding diaryl/α,β-unsaturated/α-hetero) is 1. The molecule has 2 fully saturated rings. The van der Waals surface area contributed by atoms with E-state index in [9.17, 15) is 9.18 Å². The van der Waals surface area contributed by atoms with Gasteiger partial charge in [0, 0.05) is 52.3 Å². The second-order valence-electron chi connectivity index (χ2n) is 10.3. The highest BCUT2D eigenvalue weighted by Gasteiger charge is 2.49. The molecule has 0 radical (unpaired) electrons. The van der Waals surface area contributed by atoms with Crippen molar-refractivity contribution in [3.63, 3.8) is 0 Å². The predicted molar refractivity (Wildman–Crippen MR) is 125 cm³/mol. The zero-order valence-corrected chi connectivity index (χ0v) is 19.1. The number of halogens is 1. The van der Waals surface area contributed by atoms with Gasteiger partial charge in [0.1, 0.15) is 11.6 Å². The molecule has 3 aliphatic rings. The van der Waals surface area contributed by atoms with Crippen molar-refractivity contribution in [2.24, 2.45) is 11.8 Å². The van der Waals surface area contributed by atoms with Crippen LogP contribution in [0.3, 0.4) is 0 Å². The molecule has 168 valence electrons. The van der Waals surface area contributed by atoms with Crippen LogP contribution in [0, 0.1) is 17.7 Å². The van der Waals surface area contributed by atoms with Gasteiger partial charge in [-0.3, -0.25) is 9.78 Å². The van der Waals surface area contributed by atoms with Crippen molar-refractivity contribution in [3.8, 4) is 22.6 Å². The first-order chi connectivity index (χ1) is 16.0. The molecule has 4 nitrogen and oxygen atoms in total. The summed E-state index contributed by atoms with van der Waals surface area (Å²) in [5, 5.41) is 0. The molecule has 1 aromatic carbocycles. The first-order valence-electron chi connectivity index (χ1n) is 12.1. The minimum absolute atomic E-state index is 0.0228. The monoisotopic (exact) mass is 441 g/mol. The first-order valence-corrected chi connectivity index (χ1v) is 12.1. The molecule has 5 heteroatoms. The van der Waals surface area contributed by atoms with Crippen molar-refractivity contribution in [3.05, 3.63) is 65.4 Å². The van der Waals surface area contributed by atoms with E-state index in [1.807, 2.05) is 24.4 Å². The van der Waals surface area contributed by atoms with Crippen LogP contribution in [0.4, 0.5) is 4.39 Å². The average molecular weight is 442 g/mol. The molecule has 0 N–H and O–H groups in total. The third-order valence-electron chi connectivity index (χ3n) is 8.24. The normalized spacial score (nSPS) is 26.6. The zero-order chi connectivity index (χ0) is 22.7. The summed E-state index contributed by atoms with van der Waals surface area (Å²) in [6.07, 6.45) is 7.21. The largest absolute Gasteiger partial charge is 0.299 e. The molecule has 2 saturated carbocycles. The fourth-order valence-corrected chi connectivity index (χ4v) is 6.12. The van der Waals surface area contributed by atoms with Crippen molar-refractivity contribution in [2.75, 3.05) is 0 Å². The maximum absolute atomic E-state index is 15.0. The number of rotatable bonds is 3. The van der Waals surface area contributed by atoms with Gasteiger partial charge in [0.25, 0.3) is 0 Å². The van der Waals surface area contributed by atoms with Crippen LogP contribution in [0.5, 0.6) is 0 Å². The molecular formula is C28H28FN3O. The van der Waals surface area contributed by atoms with Crippen LogP contribution in [0.2, 0.25) is 0 Å². The number of hydrogen-bond donors (Lipinski definition) is 0. The van der Waals surface area contributed by atoms with Gasteiger partial charge in [0.15, 0.2) is 5.82 Å². The van der Waals surface area contributed by atoms with Crippen LogP contribution in [-0.2, 0) is 16.6 Å². The fraction of sp³-hybridized carbons (Fsp3) is 0.429. The fourth-order valence-electron chi connectivity index (χ4n) is 6.12. The van der Waals surface area contributed by atoms with Crippen molar-refractivity contribution >= 4 is 5.78 Å². The lowest BCUT2D eigenvalue weighted by atomic mass is 9.56. The number of pyridine rings is 1. The van der Waals surface area contributed by atoms with E-state index in [-0.39, 0.29) is 23.1 Å². The SMILES string of the molecule is C[C@H]1C(=O)CC[C@@]2(C)c3nc(-c4ccnc(C5CC5)c4)nc(-c4ccccc4F)c3CC[C@H]12. The zero-order valence-electron chi connectivity index (χ0n) is 19.1. The van der Waals surface area contributed by atoms with E-state index in [1.54, 1.807) is 6.07 Å². The van der Waals surface area contributed by atoms with Crippen LogP contribution < -0.4 is 0 Å². The van der Waals surface area contributed by atoms with E-state index >= 15 is 0 Å². The Morgan fingerprint density at radius 2 is 1.88 bits per heavy atom. The second-order valence-corrected chi connectivity index (χ2v) is 10.3. The predicted octanol–water partition coefficient (Wildman–Crippen LogP) is 6.04. The van der Waals surface area contributed by atoms with Crippen LogP contribution in [-0.4, -0.2) is 20.7 Å². The van der Waals surface area contributed by atoms with Crippen molar-refractivity contribution in [2.45, 2.75) is 63.7 Å². The molecule has 0 unspecified atom stereocenters. The maximum Gasteiger partial charge on any atom is 0.160 e. The number of carbonyl (C=O) groups excluding carboxylic acids is 1. The Hall–Kier alpha value is -2.95. The van der Waals surface area contributed by atoms with Crippen molar-refractivity contribution in [1.29, 1.82) is 0 Å². The Bertz CT molecular complexity index is 1270. The summed E-state index contributed by atoms with van der Waals surface area (Å²) in [4.78, 5) is 27.2. The van der Waals surface area contributed by atoms with E-state index in [1.165, 1.54) is 18.9 Å². The number of carbonyl (C=O) groups is 1. The van der Waals surface area contributed by atoms with Crippen molar-refractivity contribution in [1.82, 2.24) is 15.0 Å². The maximum atomic E-state index is 15.0. The Morgan fingerprint density at radius 1 is 1.06 bits per heavy atom. The lowest BCUT2D eigenvalue weighted by Crippen LogP contribution is -2.47. The highest BCUT2D eigenvalue weighted by molar-refractivity contribution is 5.83. The third-order valence-corrected chi connectivity index (χ3v) is 8.24. The highest BCUT2D eigenvalue weighted by Crippen LogP contribution is 2.52. The smallest absolute Gasteiger partial charge is 0.160 e. The molecule has 0 spiro atoms. The minimum Gasteiger partial charge on any atom is -0.299 e. The summed E-state index contributed by atoms with van der Waals surface area (Å²) in [7, 11) is 0. The minimum atomic E-state index is -0.266. The average Bonchev–Trinajstić information content (AvgIpc) is 3.67. The summed E-state index contributed by atoms with van der Waals surface area (Å²) >= 11 is 0. The summed E-state index contributed by atoms with van der Waals surface area (Å²) in [6.45, 7) is 4.32. The van der Waals surface area contributed by atoms with Gasteiger partial charge in [0.2, 0.25) is 0 Å². The van der Waals surface area contributed by atoms with Crippen molar-refractivity contribution < 1.29 is 9.18 Å². The van der Waals surface area contributed by atoms with Gasteiger partial charge in [0.05, 0.1) is 11.4 Å². The molecule has 0 amide bonds.